The Bertz CT molecular complexity index is 746. The number of urea groups is 1. The summed E-state index contributed by atoms with van der Waals surface area (Å²) in [5.74, 6) is 0.0441. The first-order chi connectivity index (χ1) is 12.2. The molecule has 130 valence electrons. The van der Waals surface area contributed by atoms with Gasteiger partial charge in [0, 0.05) is 39.0 Å². The highest BCUT2D eigenvalue weighted by molar-refractivity contribution is 5.94. The Balaban J connectivity index is 1.71. The lowest BCUT2D eigenvalue weighted by Crippen LogP contribution is -2.40. The van der Waals surface area contributed by atoms with Gasteiger partial charge in [0.1, 0.15) is 0 Å². The maximum Gasteiger partial charge on any atom is 0.321 e. The van der Waals surface area contributed by atoms with Crippen LogP contribution in [0.2, 0.25) is 0 Å². The largest absolute Gasteiger partial charge is 0.341 e. The molecule has 0 spiro atoms. The van der Waals surface area contributed by atoms with E-state index >= 15 is 0 Å². The fraction of sp³-hybridized carbons (Fsp3) is 0.300. The normalized spacial score (nSPS) is 16.8. The molecule has 25 heavy (non-hydrogen) atoms. The van der Waals surface area contributed by atoms with E-state index < -0.39 is 6.03 Å². The first-order valence-corrected chi connectivity index (χ1v) is 8.54. The number of carbonyl (C=O) groups is 2. The van der Waals surface area contributed by atoms with Crippen LogP contribution in [0.15, 0.2) is 54.6 Å². The molecule has 2 N–H and O–H groups in total. The number of nitrogens with one attached hydrogen (secondary N) is 2. The quantitative estimate of drug-likeness (QED) is 0.901. The van der Waals surface area contributed by atoms with Crippen LogP contribution in [0.1, 0.15) is 29.0 Å². The van der Waals surface area contributed by atoms with Crippen LogP contribution >= 0.6 is 0 Å². The van der Waals surface area contributed by atoms with Crippen LogP contribution in [-0.4, -0.2) is 37.0 Å². The summed E-state index contributed by atoms with van der Waals surface area (Å²) in [6, 6.07) is 18.5. The van der Waals surface area contributed by atoms with Gasteiger partial charge in [-0.2, -0.15) is 0 Å². The number of fused-ring (bicyclic) bond motifs is 1. The Morgan fingerprint density at radius 3 is 2.56 bits per heavy atom. The van der Waals surface area contributed by atoms with Crippen LogP contribution < -0.4 is 10.6 Å². The molecule has 3 amide bonds. The highest BCUT2D eigenvalue weighted by Gasteiger charge is 2.26. The number of imide groups is 1. The highest BCUT2D eigenvalue weighted by atomic mass is 16.2. The van der Waals surface area contributed by atoms with Gasteiger partial charge in [-0.15, -0.1) is 0 Å². The van der Waals surface area contributed by atoms with Gasteiger partial charge in [0.15, 0.2) is 0 Å². The molecular weight excluding hydrogens is 314 g/mol. The van der Waals surface area contributed by atoms with Crippen molar-refractivity contribution in [2.75, 3.05) is 20.1 Å². The van der Waals surface area contributed by atoms with Gasteiger partial charge in [-0.05, 0) is 16.7 Å². The van der Waals surface area contributed by atoms with E-state index in [2.05, 4.69) is 64.1 Å². The molecule has 0 bridgehead atoms. The van der Waals surface area contributed by atoms with Crippen LogP contribution in [0.25, 0.3) is 0 Å². The van der Waals surface area contributed by atoms with Gasteiger partial charge >= 0.3 is 6.03 Å². The van der Waals surface area contributed by atoms with Crippen molar-refractivity contribution in [3.8, 4) is 0 Å². The van der Waals surface area contributed by atoms with Crippen molar-refractivity contribution in [2.45, 2.75) is 18.9 Å². The Labute approximate surface area is 148 Å². The van der Waals surface area contributed by atoms with Crippen molar-refractivity contribution < 1.29 is 9.59 Å². The van der Waals surface area contributed by atoms with Crippen molar-refractivity contribution in [2.24, 2.45) is 0 Å². The van der Waals surface area contributed by atoms with E-state index in [4.69, 9.17) is 0 Å². The highest BCUT2D eigenvalue weighted by Crippen LogP contribution is 2.33. The van der Waals surface area contributed by atoms with E-state index in [9.17, 15) is 9.59 Å². The first kappa shape index (κ1) is 17.2. The lowest BCUT2D eigenvalue weighted by Gasteiger charge is -2.35. The number of hydrogen-bond donors (Lipinski definition) is 2. The molecule has 1 aliphatic heterocycles. The molecule has 0 fully saturated rings. The lowest BCUT2D eigenvalue weighted by atomic mass is 9.84. The zero-order valence-corrected chi connectivity index (χ0v) is 14.4. The standard InChI is InChI=1S/C20H23N3O2/c1-21-20(25)22-19(24)11-12-23-13-16-9-5-6-10-17(16)18(14-23)15-7-3-2-4-8-15/h2-10,18H,11-14H2,1H3,(H2,21,22,24,25)/t18-/m1/s1. The zero-order chi connectivity index (χ0) is 17.6. The van der Waals surface area contributed by atoms with Gasteiger partial charge in [-0.3, -0.25) is 15.0 Å². The molecule has 2 aromatic rings. The molecule has 1 aliphatic rings. The summed E-state index contributed by atoms with van der Waals surface area (Å²) >= 11 is 0. The summed E-state index contributed by atoms with van der Waals surface area (Å²) < 4.78 is 0. The molecule has 0 unspecified atom stereocenters. The Hall–Kier alpha value is -2.66. The molecule has 0 saturated carbocycles. The number of nitrogens with zero attached hydrogens (tertiary/aromatic N) is 1. The maximum absolute atomic E-state index is 11.9. The van der Waals surface area contributed by atoms with Gasteiger partial charge in [0.25, 0.3) is 0 Å². The Kier molecular flexibility index (Phi) is 5.46. The predicted octanol–water partition coefficient (Wildman–Crippen LogP) is 2.48. The number of rotatable bonds is 4. The van der Waals surface area contributed by atoms with Crippen molar-refractivity contribution in [1.82, 2.24) is 15.5 Å². The number of hydrogen-bond acceptors (Lipinski definition) is 3. The molecule has 0 aliphatic carbocycles. The lowest BCUT2D eigenvalue weighted by molar-refractivity contribution is -0.120. The summed E-state index contributed by atoms with van der Waals surface area (Å²) in [5.41, 5.74) is 3.95. The topological polar surface area (TPSA) is 61.4 Å². The number of amides is 3. The van der Waals surface area contributed by atoms with E-state index in [1.807, 2.05) is 6.07 Å². The van der Waals surface area contributed by atoms with Gasteiger partial charge < -0.3 is 5.32 Å². The average Bonchev–Trinajstić information content (AvgIpc) is 2.66. The van der Waals surface area contributed by atoms with E-state index in [1.54, 1.807) is 0 Å². The zero-order valence-electron chi connectivity index (χ0n) is 14.4. The third-order valence-corrected chi connectivity index (χ3v) is 4.60. The third kappa shape index (κ3) is 4.25. The molecular formula is C20H23N3O2. The molecule has 0 radical (unpaired) electrons. The van der Waals surface area contributed by atoms with E-state index in [0.29, 0.717) is 18.9 Å². The summed E-state index contributed by atoms with van der Waals surface area (Å²) in [7, 11) is 1.49. The van der Waals surface area contributed by atoms with Crippen LogP contribution in [0.5, 0.6) is 0 Å². The van der Waals surface area contributed by atoms with Crippen LogP contribution in [0.3, 0.4) is 0 Å². The molecule has 0 saturated heterocycles. The summed E-state index contributed by atoms with van der Waals surface area (Å²) in [6.45, 7) is 2.32. The average molecular weight is 337 g/mol. The molecule has 5 heteroatoms. The minimum Gasteiger partial charge on any atom is -0.341 e. The Morgan fingerprint density at radius 2 is 1.80 bits per heavy atom. The summed E-state index contributed by atoms with van der Waals surface area (Å²) in [5, 5.41) is 4.71. The molecule has 5 nitrogen and oxygen atoms in total. The molecule has 2 aromatic carbocycles. The SMILES string of the molecule is CNC(=O)NC(=O)CCN1Cc2ccccc2[C@@H](c2ccccc2)C1. The van der Waals surface area contributed by atoms with Crippen LogP contribution in [-0.2, 0) is 11.3 Å². The van der Waals surface area contributed by atoms with E-state index in [1.165, 1.54) is 23.7 Å². The minimum absolute atomic E-state index is 0.255. The first-order valence-electron chi connectivity index (χ1n) is 8.54. The van der Waals surface area contributed by atoms with Crippen LogP contribution in [0.4, 0.5) is 4.79 Å². The van der Waals surface area contributed by atoms with E-state index in [0.717, 1.165) is 13.1 Å². The molecule has 3 rings (SSSR count). The molecule has 1 atom stereocenters. The fourth-order valence-corrected chi connectivity index (χ4v) is 3.33. The number of benzene rings is 2. The summed E-state index contributed by atoms with van der Waals surface area (Å²) in [6.07, 6.45) is 0.303. The number of carbonyl (C=O) groups excluding carboxylic acids is 2. The molecule has 0 aromatic heterocycles. The van der Waals surface area contributed by atoms with Gasteiger partial charge in [-0.1, -0.05) is 54.6 Å². The summed E-state index contributed by atoms with van der Waals surface area (Å²) in [4.78, 5) is 25.4. The van der Waals surface area contributed by atoms with Crippen LogP contribution in [0, 0.1) is 0 Å². The van der Waals surface area contributed by atoms with Crippen molar-refractivity contribution in [1.29, 1.82) is 0 Å². The van der Waals surface area contributed by atoms with E-state index in [-0.39, 0.29) is 5.91 Å². The van der Waals surface area contributed by atoms with Gasteiger partial charge in [-0.25, -0.2) is 4.79 Å². The minimum atomic E-state index is -0.462. The van der Waals surface area contributed by atoms with Crippen molar-refractivity contribution in [3.05, 3.63) is 71.3 Å². The fourth-order valence-electron chi connectivity index (χ4n) is 3.33. The Morgan fingerprint density at radius 1 is 1.08 bits per heavy atom. The second-order valence-corrected chi connectivity index (χ2v) is 6.27. The van der Waals surface area contributed by atoms with Crippen molar-refractivity contribution >= 4 is 11.9 Å². The smallest absolute Gasteiger partial charge is 0.321 e. The predicted molar refractivity (Wildman–Crippen MR) is 97.2 cm³/mol. The third-order valence-electron chi connectivity index (χ3n) is 4.60. The molecule has 1 heterocycles. The van der Waals surface area contributed by atoms with Gasteiger partial charge in [0.2, 0.25) is 5.91 Å². The second kappa shape index (κ2) is 7.94. The van der Waals surface area contributed by atoms with Crippen molar-refractivity contribution in [3.63, 3.8) is 0 Å². The van der Waals surface area contributed by atoms with Gasteiger partial charge in [0.05, 0.1) is 0 Å². The second-order valence-electron chi connectivity index (χ2n) is 6.27. The maximum atomic E-state index is 11.9. The monoisotopic (exact) mass is 337 g/mol.